The lowest BCUT2D eigenvalue weighted by Crippen LogP contribution is -2.06. The Hall–Kier alpha value is -1.62. The maximum absolute atomic E-state index is 11.6. The SMILES string of the molecule is CCOC(=O)c1[nH]c2cnnc(Cl)c2c1C. The molecule has 0 aliphatic rings. The fourth-order valence-electron chi connectivity index (χ4n) is 1.58. The van der Waals surface area contributed by atoms with E-state index in [0.29, 0.717) is 23.2 Å². The molecule has 2 heterocycles. The highest BCUT2D eigenvalue weighted by atomic mass is 35.5. The fourth-order valence-corrected chi connectivity index (χ4v) is 1.86. The van der Waals surface area contributed by atoms with Crippen molar-refractivity contribution in [2.75, 3.05) is 6.61 Å². The summed E-state index contributed by atoms with van der Waals surface area (Å²) >= 11 is 5.91. The standard InChI is InChI=1S/C10H10ClN3O2/c1-3-16-10(15)8-5(2)7-6(13-8)4-12-14-9(7)11/h4,13H,3H2,1-2H3. The van der Waals surface area contributed by atoms with E-state index in [4.69, 9.17) is 16.3 Å². The summed E-state index contributed by atoms with van der Waals surface area (Å²) in [6.45, 7) is 3.88. The molecular formula is C10H10ClN3O2. The second-order valence-corrected chi connectivity index (χ2v) is 3.63. The minimum atomic E-state index is -0.396. The number of halogens is 1. The second-order valence-electron chi connectivity index (χ2n) is 3.27. The number of hydrogen-bond acceptors (Lipinski definition) is 4. The molecule has 2 rings (SSSR count). The Morgan fingerprint density at radius 3 is 3.00 bits per heavy atom. The van der Waals surface area contributed by atoms with E-state index in [-0.39, 0.29) is 5.15 Å². The number of aromatic nitrogens is 3. The van der Waals surface area contributed by atoms with Crippen molar-refractivity contribution in [1.29, 1.82) is 0 Å². The van der Waals surface area contributed by atoms with E-state index in [9.17, 15) is 4.79 Å². The van der Waals surface area contributed by atoms with Crippen molar-refractivity contribution in [1.82, 2.24) is 15.2 Å². The van der Waals surface area contributed by atoms with Crippen LogP contribution in [0.3, 0.4) is 0 Å². The second kappa shape index (κ2) is 4.09. The summed E-state index contributed by atoms with van der Waals surface area (Å²) in [6.07, 6.45) is 1.52. The molecule has 6 heteroatoms. The van der Waals surface area contributed by atoms with Crippen molar-refractivity contribution < 1.29 is 9.53 Å². The number of nitrogens with zero attached hydrogens (tertiary/aromatic N) is 2. The zero-order valence-electron chi connectivity index (χ0n) is 8.87. The first-order valence-electron chi connectivity index (χ1n) is 4.81. The highest BCUT2D eigenvalue weighted by Gasteiger charge is 2.17. The summed E-state index contributed by atoms with van der Waals surface area (Å²) in [5.74, 6) is -0.396. The van der Waals surface area contributed by atoms with E-state index < -0.39 is 5.97 Å². The number of esters is 1. The third kappa shape index (κ3) is 1.63. The number of aryl methyl sites for hydroxylation is 1. The topological polar surface area (TPSA) is 67.9 Å². The predicted molar refractivity (Wildman–Crippen MR) is 59.6 cm³/mol. The van der Waals surface area contributed by atoms with Crippen molar-refractivity contribution in [3.8, 4) is 0 Å². The summed E-state index contributed by atoms with van der Waals surface area (Å²) in [5.41, 5.74) is 1.81. The largest absolute Gasteiger partial charge is 0.461 e. The monoisotopic (exact) mass is 239 g/mol. The Kier molecular flexibility index (Phi) is 2.78. The molecule has 2 aromatic heterocycles. The quantitative estimate of drug-likeness (QED) is 0.815. The summed E-state index contributed by atoms with van der Waals surface area (Å²) in [5, 5.41) is 8.42. The van der Waals surface area contributed by atoms with Gasteiger partial charge in [0.25, 0.3) is 0 Å². The van der Waals surface area contributed by atoms with E-state index in [0.717, 1.165) is 5.56 Å². The normalized spacial score (nSPS) is 10.7. The molecule has 0 spiro atoms. The minimum Gasteiger partial charge on any atom is -0.461 e. The van der Waals surface area contributed by atoms with Crippen LogP contribution < -0.4 is 0 Å². The highest BCUT2D eigenvalue weighted by Crippen LogP contribution is 2.26. The summed E-state index contributed by atoms with van der Waals surface area (Å²) in [4.78, 5) is 14.5. The molecule has 0 aliphatic carbocycles. The molecule has 0 saturated heterocycles. The first-order valence-corrected chi connectivity index (χ1v) is 5.19. The number of fused-ring (bicyclic) bond motifs is 1. The van der Waals surface area contributed by atoms with Gasteiger partial charge in [0.1, 0.15) is 5.69 Å². The lowest BCUT2D eigenvalue weighted by Gasteiger charge is -1.99. The van der Waals surface area contributed by atoms with Crippen molar-refractivity contribution in [2.45, 2.75) is 13.8 Å². The zero-order valence-corrected chi connectivity index (χ0v) is 9.63. The number of rotatable bonds is 2. The maximum Gasteiger partial charge on any atom is 0.355 e. The Bertz CT molecular complexity index is 550. The maximum atomic E-state index is 11.6. The van der Waals surface area contributed by atoms with E-state index in [2.05, 4.69) is 15.2 Å². The molecule has 0 fully saturated rings. The first-order chi connectivity index (χ1) is 7.65. The van der Waals surface area contributed by atoms with Crippen molar-refractivity contribution in [3.63, 3.8) is 0 Å². The number of hydrogen-bond donors (Lipinski definition) is 1. The van der Waals surface area contributed by atoms with Crippen LogP contribution in [0.2, 0.25) is 5.15 Å². The van der Waals surface area contributed by atoms with Gasteiger partial charge in [-0.2, -0.15) is 5.10 Å². The van der Waals surface area contributed by atoms with Crippen LogP contribution in [0, 0.1) is 6.92 Å². The summed E-state index contributed by atoms with van der Waals surface area (Å²) in [6, 6.07) is 0. The average molecular weight is 240 g/mol. The third-order valence-corrected chi connectivity index (χ3v) is 2.56. The summed E-state index contributed by atoms with van der Waals surface area (Å²) < 4.78 is 4.92. The van der Waals surface area contributed by atoms with E-state index in [1.165, 1.54) is 6.20 Å². The Morgan fingerprint density at radius 1 is 1.62 bits per heavy atom. The van der Waals surface area contributed by atoms with Gasteiger partial charge in [-0.15, -0.1) is 5.10 Å². The molecule has 5 nitrogen and oxygen atoms in total. The fraction of sp³-hybridized carbons (Fsp3) is 0.300. The highest BCUT2D eigenvalue weighted by molar-refractivity contribution is 6.34. The van der Waals surface area contributed by atoms with Gasteiger partial charge in [0.2, 0.25) is 0 Å². The molecule has 2 aromatic rings. The number of aromatic amines is 1. The predicted octanol–water partition coefficient (Wildman–Crippen LogP) is 2.10. The molecule has 0 amide bonds. The first kappa shape index (κ1) is 10.9. The third-order valence-electron chi connectivity index (χ3n) is 2.30. The van der Waals surface area contributed by atoms with Crippen LogP contribution in [-0.2, 0) is 4.74 Å². The molecule has 0 aliphatic heterocycles. The van der Waals surface area contributed by atoms with Crippen LogP contribution in [0.5, 0.6) is 0 Å². The summed E-state index contributed by atoms with van der Waals surface area (Å²) in [7, 11) is 0. The zero-order chi connectivity index (χ0) is 11.7. The van der Waals surface area contributed by atoms with Gasteiger partial charge in [0.15, 0.2) is 5.15 Å². The molecule has 0 saturated carbocycles. The average Bonchev–Trinajstić information content (AvgIpc) is 2.58. The lowest BCUT2D eigenvalue weighted by molar-refractivity contribution is 0.0520. The molecule has 0 atom stereocenters. The Labute approximate surface area is 96.8 Å². The van der Waals surface area contributed by atoms with Crippen molar-refractivity contribution >= 4 is 28.5 Å². The van der Waals surface area contributed by atoms with E-state index in [1.54, 1.807) is 13.8 Å². The number of ether oxygens (including phenoxy) is 1. The van der Waals surface area contributed by atoms with E-state index in [1.807, 2.05) is 0 Å². The number of H-pyrrole nitrogens is 1. The van der Waals surface area contributed by atoms with Crippen LogP contribution in [0.4, 0.5) is 0 Å². The van der Waals surface area contributed by atoms with Gasteiger partial charge in [-0.05, 0) is 19.4 Å². The Morgan fingerprint density at radius 2 is 2.38 bits per heavy atom. The van der Waals surface area contributed by atoms with E-state index >= 15 is 0 Å². The number of carbonyl (C=O) groups is 1. The van der Waals surface area contributed by atoms with Crippen LogP contribution in [0.1, 0.15) is 23.0 Å². The van der Waals surface area contributed by atoms with Gasteiger partial charge in [0.05, 0.1) is 18.3 Å². The number of carbonyl (C=O) groups excluding carboxylic acids is 1. The van der Waals surface area contributed by atoms with Gasteiger partial charge >= 0.3 is 5.97 Å². The molecule has 0 radical (unpaired) electrons. The number of nitrogens with one attached hydrogen (secondary N) is 1. The van der Waals surface area contributed by atoms with Gasteiger partial charge in [-0.1, -0.05) is 11.6 Å². The van der Waals surface area contributed by atoms with Crippen LogP contribution >= 0.6 is 11.6 Å². The van der Waals surface area contributed by atoms with Crippen LogP contribution in [0.25, 0.3) is 10.9 Å². The smallest absolute Gasteiger partial charge is 0.355 e. The molecule has 0 unspecified atom stereocenters. The molecule has 1 N–H and O–H groups in total. The van der Waals surface area contributed by atoms with Crippen LogP contribution in [0.15, 0.2) is 6.20 Å². The van der Waals surface area contributed by atoms with Gasteiger partial charge in [0, 0.05) is 5.39 Å². The van der Waals surface area contributed by atoms with Gasteiger partial charge in [-0.25, -0.2) is 4.79 Å². The molecule has 0 aromatic carbocycles. The lowest BCUT2D eigenvalue weighted by atomic mass is 10.2. The van der Waals surface area contributed by atoms with Crippen molar-refractivity contribution in [3.05, 3.63) is 22.6 Å². The molecule has 84 valence electrons. The van der Waals surface area contributed by atoms with Gasteiger partial charge in [-0.3, -0.25) is 0 Å². The van der Waals surface area contributed by atoms with Crippen LogP contribution in [-0.4, -0.2) is 27.8 Å². The minimum absolute atomic E-state index is 0.279. The van der Waals surface area contributed by atoms with Crippen molar-refractivity contribution in [2.24, 2.45) is 0 Å². The molecule has 16 heavy (non-hydrogen) atoms. The molecule has 0 bridgehead atoms. The molecular weight excluding hydrogens is 230 g/mol. The van der Waals surface area contributed by atoms with Gasteiger partial charge < -0.3 is 9.72 Å². The Balaban J connectivity index is 2.61.